The summed E-state index contributed by atoms with van der Waals surface area (Å²) in [6.07, 6.45) is 0. The number of ether oxygens (including phenoxy) is 1. The van der Waals surface area contributed by atoms with Crippen molar-refractivity contribution >= 4 is 52.2 Å². The molecule has 2 aromatic rings. The van der Waals surface area contributed by atoms with Crippen molar-refractivity contribution in [1.82, 2.24) is 0 Å². The summed E-state index contributed by atoms with van der Waals surface area (Å²) in [6.45, 7) is -0.635. The summed E-state index contributed by atoms with van der Waals surface area (Å²) in [4.78, 5) is 34.2. The molecule has 0 aliphatic heterocycles. The van der Waals surface area contributed by atoms with Crippen molar-refractivity contribution in [2.75, 3.05) is 6.61 Å². The molecule has 6 nitrogen and oxygen atoms in total. The van der Waals surface area contributed by atoms with Gasteiger partial charge in [0.15, 0.2) is 6.61 Å². The van der Waals surface area contributed by atoms with Gasteiger partial charge in [-0.15, -0.1) is 0 Å². The molecule has 2 rings (SSSR count). The first-order chi connectivity index (χ1) is 11.3. The Morgan fingerprint density at radius 1 is 1.00 bits per heavy atom. The van der Waals surface area contributed by atoms with Crippen LogP contribution in [0, 0.1) is 10.1 Å². The van der Waals surface area contributed by atoms with Crippen molar-refractivity contribution in [1.29, 1.82) is 0 Å². The van der Waals surface area contributed by atoms with E-state index < -0.39 is 29.0 Å². The highest BCUT2D eigenvalue weighted by Gasteiger charge is 2.23. The van der Waals surface area contributed by atoms with Gasteiger partial charge in [-0.25, -0.2) is 4.79 Å². The number of carbonyl (C=O) groups excluding carboxylic acids is 2. The number of nitro groups is 1. The number of halogens is 3. The van der Waals surface area contributed by atoms with Crippen molar-refractivity contribution in [3.63, 3.8) is 0 Å². The Morgan fingerprint density at radius 2 is 1.62 bits per heavy atom. The van der Waals surface area contributed by atoms with E-state index in [1.54, 1.807) is 0 Å². The molecule has 0 fully saturated rings. The summed E-state index contributed by atoms with van der Waals surface area (Å²) < 4.78 is 4.83. The zero-order chi connectivity index (χ0) is 17.9. The van der Waals surface area contributed by atoms with Crippen molar-refractivity contribution < 1.29 is 19.2 Å². The largest absolute Gasteiger partial charge is 0.454 e. The van der Waals surface area contributed by atoms with Crippen LogP contribution in [0.25, 0.3) is 0 Å². The fraction of sp³-hybridized carbons (Fsp3) is 0.0667. The normalized spacial score (nSPS) is 10.3. The van der Waals surface area contributed by atoms with Crippen LogP contribution < -0.4 is 0 Å². The van der Waals surface area contributed by atoms with E-state index in [1.807, 2.05) is 0 Å². The maximum absolute atomic E-state index is 12.0. The van der Waals surface area contributed by atoms with Gasteiger partial charge in [0.25, 0.3) is 5.69 Å². The highest BCUT2D eigenvalue weighted by atomic mass is 35.5. The number of carbonyl (C=O) groups is 2. The molecule has 0 aliphatic carbocycles. The second-order valence-corrected chi connectivity index (χ2v) is 5.82. The van der Waals surface area contributed by atoms with Crippen LogP contribution in [0.15, 0.2) is 36.4 Å². The number of rotatable bonds is 5. The Morgan fingerprint density at radius 3 is 2.25 bits per heavy atom. The molecule has 0 aromatic heterocycles. The maximum atomic E-state index is 12.0. The second-order valence-electron chi connectivity index (χ2n) is 4.54. The van der Waals surface area contributed by atoms with Gasteiger partial charge in [0.2, 0.25) is 5.78 Å². The first-order valence-corrected chi connectivity index (χ1v) is 7.52. The summed E-state index contributed by atoms with van der Waals surface area (Å²) in [6, 6.07) is 7.68. The standard InChI is InChI=1S/C15H8Cl3NO5/c16-8-2-4-13(19(22)23)11(5-8)15(21)24-7-14(20)10-3-1-9(17)6-12(10)18/h1-6H,7H2. The molecule has 0 heterocycles. The minimum absolute atomic E-state index is 0.109. The number of esters is 1. The van der Waals surface area contributed by atoms with Gasteiger partial charge in [0.1, 0.15) is 5.56 Å². The molecule has 0 unspecified atom stereocenters. The molecule has 0 saturated heterocycles. The average molecular weight is 389 g/mol. The predicted octanol–water partition coefficient (Wildman–Crippen LogP) is 4.59. The molecule has 0 N–H and O–H groups in total. The van der Waals surface area contributed by atoms with Crippen LogP contribution in [0.3, 0.4) is 0 Å². The Kier molecular flexibility index (Phi) is 5.77. The smallest absolute Gasteiger partial charge is 0.345 e. The van der Waals surface area contributed by atoms with Crippen molar-refractivity contribution in [3.8, 4) is 0 Å². The Bertz CT molecular complexity index is 838. The summed E-state index contributed by atoms with van der Waals surface area (Å²) in [5, 5.41) is 11.5. The summed E-state index contributed by atoms with van der Waals surface area (Å²) in [5.74, 6) is -1.61. The number of hydrogen-bond donors (Lipinski definition) is 0. The third-order valence-electron chi connectivity index (χ3n) is 2.94. The van der Waals surface area contributed by atoms with Crippen LogP contribution in [0.2, 0.25) is 15.1 Å². The van der Waals surface area contributed by atoms with Crippen LogP contribution in [0.1, 0.15) is 20.7 Å². The third kappa shape index (κ3) is 4.23. The first kappa shape index (κ1) is 18.2. The minimum Gasteiger partial charge on any atom is -0.454 e. The quantitative estimate of drug-likeness (QED) is 0.323. The molecule has 0 spiro atoms. The van der Waals surface area contributed by atoms with Crippen molar-refractivity contribution in [2.45, 2.75) is 0 Å². The minimum atomic E-state index is -1.04. The molecule has 0 aliphatic rings. The van der Waals surface area contributed by atoms with Gasteiger partial charge in [0, 0.05) is 21.7 Å². The van der Waals surface area contributed by atoms with E-state index in [1.165, 1.54) is 24.3 Å². The number of nitro benzene ring substituents is 1. The number of hydrogen-bond acceptors (Lipinski definition) is 5. The molecule has 124 valence electrons. The lowest BCUT2D eigenvalue weighted by atomic mass is 10.1. The molecule has 24 heavy (non-hydrogen) atoms. The Labute approximate surface area is 151 Å². The maximum Gasteiger partial charge on any atom is 0.345 e. The molecule has 0 bridgehead atoms. The molecule has 0 amide bonds. The monoisotopic (exact) mass is 387 g/mol. The zero-order valence-electron chi connectivity index (χ0n) is 11.8. The highest BCUT2D eigenvalue weighted by molar-refractivity contribution is 6.36. The summed E-state index contributed by atoms with van der Waals surface area (Å²) >= 11 is 17.4. The number of ketones is 1. The summed E-state index contributed by atoms with van der Waals surface area (Å²) in [7, 11) is 0. The van der Waals surface area contributed by atoms with E-state index in [0.717, 1.165) is 12.1 Å². The van der Waals surface area contributed by atoms with E-state index in [-0.39, 0.29) is 21.2 Å². The van der Waals surface area contributed by atoms with Crippen LogP contribution >= 0.6 is 34.8 Å². The molecule has 2 aromatic carbocycles. The fourth-order valence-corrected chi connectivity index (χ4v) is 2.52. The van der Waals surface area contributed by atoms with E-state index in [0.29, 0.717) is 5.02 Å². The SMILES string of the molecule is O=C(COC(=O)c1cc(Cl)ccc1[N+](=O)[O-])c1ccc(Cl)cc1Cl. The van der Waals surface area contributed by atoms with Crippen LogP contribution in [-0.2, 0) is 4.74 Å². The molecule has 0 radical (unpaired) electrons. The van der Waals surface area contributed by atoms with E-state index in [2.05, 4.69) is 0 Å². The lowest BCUT2D eigenvalue weighted by Crippen LogP contribution is -2.15. The van der Waals surface area contributed by atoms with E-state index >= 15 is 0 Å². The molecule has 0 saturated carbocycles. The van der Waals surface area contributed by atoms with Gasteiger partial charge < -0.3 is 4.74 Å². The molecule has 0 atom stereocenters. The van der Waals surface area contributed by atoms with Gasteiger partial charge >= 0.3 is 5.97 Å². The van der Waals surface area contributed by atoms with E-state index in [4.69, 9.17) is 39.5 Å². The van der Waals surface area contributed by atoms with Crippen molar-refractivity contribution in [3.05, 3.63) is 72.7 Å². The van der Waals surface area contributed by atoms with Crippen molar-refractivity contribution in [2.24, 2.45) is 0 Å². The number of Topliss-reactive ketones (excluding diaryl/α,β-unsaturated/α-hetero) is 1. The third-order valence-corrected chi connectivity index (χ3v) is 3.72. The Hall–Kier alpha value is -2.15. The lowest BCUT2D eigenvalue weighted by molar-refractivity contribution is -0.385. The van der Waals surface area contributed by atoms with Gasteiger partial charge in [-0.1, -0.05) is 34.8 Å². The molecular weight excluding hydrogens is 381 g/mol. The van der Waals surface area contributed by atoms with Gasteiger partial charge in [-0.05, 0) is 30.3 Å². The lowest BCUT2D eigenvalue weighted by Gasteiger charge is -2.07. The van der Waals surface area contributed by atoms with Crippen LogP contribution in [0.5, 0.6) is 0 Å². The van der Waals surface area contributed by atoms with Crippen LogP contribution in [-0.4, -0.2) is 23.3 Å². The van der Waals surface area contributed by atoms with Gasteiger partial charge in [-0.2, -0.15) is 0 Å². The van der Waals surface area contributed by atoms with Gasteiger partial charge in [0.05, 0.1) is 9.95 Å². The second kappa shape index (κ2) is 7.61. The fourth-order valence-electron chi connectivity index (χ4n) is 1.83. The zero-order valence-corrected chi connectivity index (χ0v) is 14.1. The Balaban J connectivity index is 2.15. The molecular formula is C15H8Cl3NO5. The van der Waals surface area contributed by atoms with Gasteiger partial charge in [-0.3, -0.25) is 14.9 Å². The first-order valence-electron chi connectivity index (χ1n) is 6.39. The summed E-state index contributed by atoms with van der Waals surface area (Å²) in [5.41, 5.74) is -0.696. The average Bonchev–Trinajstić information content (AvgIpc) is 2.51. The predicted molar refractivity (Wildman–Crippen MR) is 89.2 cm³/mol. The van der Waals surface area contributed by atoms with E-state index in [9.17, 15) is 19.7 Å². The molecule has 9 heteroatoms. The number of benzene rings is 2. The highest BCUT2D eigenvalue weighted by Crippen LogP contribution is 2.24. The topological polar surface area (TPSA) is 86.5 Å². The van der Waals surface area contributed by atoms with Crippen LogP contribution in [0.4, 0.5) is 5.69 Å². The number of nitrogens with zero attached hydrogens (tertiary/aromatic N) is 1.